The molecule has 1 aliphatic carbocycles. The van der Waals surface area contributed by atoms with Crippen LogP contribution >= 0.6 is 0 Å². The van der Waals surface area contributed by atoms with Gasteiger partial charge in [0, 0.05) is 18.6 Å². The molecule has 2 unspecified atom stereocenters. The monoisotopic (exact) mass is 268 g/mol. The number of ether oxygens (including phenoxy) is 1. The highest BCUT2D eigenvalue weighted by molar-refractivity contribution is 5.87. The highest BCUT2D eigenvalue weighted by Crippen LogP contribution is 2.26. The molecule has 108 valence electrons. The van der Waals surface area contributed by atoms with E-state index in [-0.39, 0.29) is 24.3 Å². The third kappa shape index (κ3) is 3.26. The van der Waals surface area contributed by atoms with Crippen LogP contribution in [0.3, 0.4) is 0 Å². The first-order valence-corrected chi connectivity index (χ1v) is 7.26. The van der Waals surface area contributed by atoms with Crippen molar-refractivity contribution in [2.45, 2.75) is 63.6 Å². The van der Waals surface area contributed by atoms with Crippen LogP contribution in [0.4, 0.5) is 0 Å². The Labute approximate surface area is 114 Å². The molecule has 0 spiro atoms. The van der Waals surface area contributed by atoms with Crippen LogP contribution in [0.15, 0.2) is 0 Å². The van der Waals surface area contributed by atoms with Crippen LogP contribution in [0.2, 0.25) is 0 Å². The zero-order valence-electron chi connectivity index (χ0n) is 11.9. The second kappa shape index (κ2) is 6.37. The zero-order valence-corrected chi connectivity index (χ0v) is 11.9. The fourth-order valence-corrected chi connectivity index (χ4v) is 3.20. The molecule has 1 heterocycles. The first kappa shape index (κ1) is 14.3. The van der Waals surface area contributed by atoms with Crippen molar-refractivity contribution in [1.29, 1.82) is 0 Å². The molecule has 1 aliphatic heterocycles. The normalized spacial score (nSPS) is 29.4. The lowest BCUT2D eigenvalue weighted by Gasteiger charge is -2.44. The summed E-state index contributed by atoms with van der Waals surface area (Å²) in [5, 5.41) is 3.16. The van der Waals surface area contributed by atoms with Gasteiger partial charge in [-0.15, -0.1) is 0 Å². The fourth-order valence-electron chi connectivity index (χ4n) is 3.20. The van der Waals surface area contributed by atoms with Gasteiger partial charge in [0.2, 0.25) is 5.91 Å². The molecule has 1 N–H and O–H groups in total. The number of rotatable bonds is 3. The Morgan fingerprint density at radius 2 is 2.05 bits per heavy atom. The smallest absolute Gasteiger partial charge is 0.307 e. The molecule has 2 rings (SSSR count). The minimum Gasteiger partial charge on any atom is -0.469 e. The van der Waals surface area contributed by atoms with Crippen molar-refractivity contribution in [3.8, 4) is 0 Å². The molecule has 0 bridgehead atoms. The van der Waals surface area contributed by atoms with Crippen LogP contribution in [0.25, 0.3) is 0 Å². The molecule has 5 heteroatoms. The van der Waals surface area contributed by atoms with Crippen LogP contribution in [0.5, 0.6) is 0 Å². The van der Waals surface area contributed by atoms with Crippen molar-refractivity contribution in [1.82, 2.24) is 10.2 Å². The van der Waals surface area contributed by atoms with E-state index in [9.17, 15) is 9.59 Å². The van der Waals surface area contributed by atoms with Crippen LogP contribution in [-0.2, 0) is 14.3 Å². The standard InChI is InChI=1S/C14H24N2O3/c1-10-9-15-12(8-13(17)19-2)14(18)16(10)11-6-4-3-5-7-11/h10-12,15H,3-9H2,1-2H3. The average molecular weight is 268 g/mol. The van der Waals surface area contributed by atoms with Gasteiger partial charge in [-0.25, -0.2) is 0 Å². The molecule has 0 aromatic rings. The molecule has 2 fully saturated rings. The molecule has 0 aromatic carbocycles. The maximum absolute atomic E-state index is 12.5. The molecule has 1 saturated carbocycles. The van der Waals surface area contributed by atoms with Crippen molar-refractivity contribution < 1.29 is 14.3 Å². The Kier molecular flexibility index (Phi) is 4.80. The molecule has 19 heavy (non-hydrogen) atoms. The zero-order chi connectivity index (χ0) is 13.8. The number of hydrogen-bond acceptors (Lipinski definition) is 4. The van der Waals surface area contributed by atoms with E-state index in [1.54, 1.807) is 0 Å². The quantitative estimate of drug-likeness (QED) is 0.778. The van der Waals surface area contributed by atoms with Gasteiger partial charge in [-0.2, -0.15) is 0 Å². The minimum atomic E-state index is -0.412. The molecule has 1 saturated heterocycles. The van der Waals surface area contributed by atoms with Crippen molar-refractivity contribution in [2.24, 2.45) is 0 Å². The van der Waals surface area contributed by atoms with Crippen molar-refractivity contribution in [2.75, 3.05) is 13.7 Å². The topological polar surface area (TPSA) is 58.6 Å². The second-order valence-electron chi connectivity index (χ2n) is 5.63. The predicted octanol–water partition coefficient (Wildman–Crippen LogP) is 1.07. The van der Waals surface area contributed by atoms with Crippen LogP contribution in [-0.4, -0.2) is 48.6 Å². The number of nitrogens with one attached hydrogen (secondary N) is 1. The third-order valence-corrected chi connectivity index (χ3v) is 4.25. The Bertz CT molecular complexity index is 340. The lowest BCUT2D eigenvalue weighted by Crippen LogP contribution is -2.62. The number of nitrogens with zero attached hydrogens (tertiary/aromatic N) is 1. The molecular formula is C14H24N2O3. The highest BCUT2D eigenvalue weighted by Gasteiger charge is 2.38. The van der Waals surface area contributed by atoms with Gasteiger partial charge in [0.25, 0.3) is 0 Å². The predicted molar refractivity (Wildman–Crippen MR) is 71.6 cm³/mol. The van der Waals surface area contributed by atoms with Gasteiger partial charge in [-0.1, -0.05) is 19.3 Å². The van der Waals surface area contributed by atoms with Crippen LogP contribution in [0, 0.1) is 0 Å². The Hall–Kier alpha value is -1.10. The highest BCUT2D eigenvalue weighted by atomic mass is 16.5. The van der Waals surface area contributed by atoms with Crippen LogP contribution in [0.1, 0.15) is 45.4 Å². The Morgan fingerprint density at radius 3 is 2.68 bits per heavy atom. The van der Waals surface area contributed by atoms with Gasteiger partial charge in [-0.05, 0) is 19.8 Å². The average Bonchev–Trinajstić information content (AvgIpc) is 2.43. The van der Waals surface area contributed by atoms with Gasteiger partial charge in [0.15, 0.2) is 0 Å². The van der Waals surface area contributed by atoms with E-state index in [4.69, 9.17) is 0 Å². The van der Waals surface area contributed by atoms with Gasteiger partial charge >= 0.3 is 5.97 Å². The fraction of sp³-hybridized carbons (Fsp3) is 0.857. The van der Waals surface area contributed by atoms with E-state index in [0.29, 0.717) is 6.04 Å². The maximum atomic E-state index is 12.5. The molecule has 1 amide bonds. The summed E-state index contributed by atoms with van der Waals surface area (Å²) in [6.07, 6.45) is 6.01. The van der Waals surface area contributed by atoms with Gasteiger partial charge in [-0.3, -0.25) is 9.59 Å². The maximum Gasteiger partial charge on any atom is 0.307 e. The Balaban J connectivity index is 2.03. The number of methoxy groups -OCH3 is 1. The molecule has 0 radical (unpaired) electrons. The lowest BCUT2D eigenvalue weighted by molar-refractivity contribution is -0.149. The van der Waals surface area contributed by atoms with Crippen molar-refractivity contribution in [3.05, 3.63) is 0 Å². The molecule has 0 aromatic heterocycles. The summed E-state index contributed by atoms with van der Waals surface area (Å²) in [5.41, 5.74) is 0. The summed E-state index contributed by atoms with van der Waals surface area (Å²) in [7, 11) is 1.36. The van der Waals surface area contributed by atoms with E-state index in [2.05, 4.69) is 17.0 Å². The van der Waals surface area contributed by atoms with E-state index in [0.717, 1.165) is 19.4 Å². The number of esters is 1. The number of amides is 1. The summed E-state index contributed by atoms with van der Waals surface area (Å²) in [4.78, 5) is 25.9. The minimum absolute atomic E-state index is 0.0658. The summed E-state index contributed by atoms with van der Waals surface area (Å²) in [5.74, 6) is -0.264. The molecular weight excluding hydrogens is 244 g/mol. The summed E-state index contributed by atoms with van der Waals surface area (Å²) >= 11 is 0. The van der Waals surface area contributed by atoms with Crippen LogP contribution < -0.4 is 5.32 Å². The van der Waals surface area contributed by atoms with Gasteiger partial charge in [0.1, 0.15) is 0 Å². The summed E-state index contributed by atoms with van der Waals surface area (Å²) in [6, 6.07) is 0.161. The molecule has 2 aliphatic rings. The van der Waals surface area contributed by atoms with E-state index in [1.807, 2.05) is 4.90 Å². The van der Waals surface area contributed by atoms with Gasteiger partial charge in [0.05, 0.1) is 19.6 Å². The third-order valence-electron chi connectivity index (χ3n) is 4.25. The molecule has 2 atom stereocenters. The first-order valence-electron chi connectivity index (χ1n) is 7.26. The largest absolute Gasteiger partial charge is 0.469 e. The lowest BCUT2D eigenvalue weighted by atomic mass is 9.91. The molecule has 5 nitrogen and oxygen atoms in total. The summed E-state index contributed by atoms with van der Waals surface area (Å²) in [6.45, 7) is 2.83. The van der Waals surface area contributed by atoms with E-state index < -0.39 is 6.04 Å². The van der Waals surface area contributed by atoms with Crippen molar-refractivity contribution >= 4 is 11.9 Å². The van der Waals surface area contributed by atoms with E-state index >= 15 is 0 Å². The first-order chi connectivity index (χ1) is 9.13. The SMILES string of the molecule is COC(=O)CC1NCC(C)N(C2CCCCC2)C1=O. The Morgan fingerprint density at radius 1 is 1.37 bits per heavy atom. The number of hydrogen-bond donors (Lipinski definition) is 1. The summed E-state index contributed by atoms with van der Waals surface area (Å²) < 4.78 is 4.66. The number of piperazine rings is 1. The van der Waals surface area contributed by atoms with E-state index in [1.165, 1.54) is 26.4 Å². The number of carbonyl (C=O) groups is 2. The number of carbonyl (C=O) groups excluding carboxylic acids is 2. The second-order valence-corrected chi connectivity index (χ2v) is 5.63. The van der Waals surface area contributed by atoms with Gasteiger partial charge < -0.3 is 15.0 Å². The van der Waals surface area contributed by atoms with Crippen molar-refractivity contribution in [3.63, 3.8) is 0 Å².